The Balaban J connectivity index is 0.00000294. The van der Waals surface area contributed by atoms with Crippen LogP contribution >= 0.6 is 0 Å². The molecular formula is C33H45N2O2Re-. The number of benzene rings is 2. The number of aromatic hydroxyl groups is 2. The van der Waals surface area contributed by atoms with Crippen LogP contribution in [0, 0.1) is 6.42 Å². The zero-order chi connectivity index (χ0) is 26.7. The van der Waals surface area contributed by atoms with Gasteiger partial charge in [-0.2, -0.15) is 0 Å². The van der Waals surface area contributed by atoms with Gasteiger partial charge in [0.25, 0.3) is 0 Å². The van der Waals surface area contributed by atoms with Gasteiger partial charge in [-0.15, -0.1) is 18.6 Å². The van der Waals surface area contributed by atoms with Gasteiger partial charge in [0.1, 0.15) is 0 Å². The van der Waals surface area contributed by atoms with Gasteiger partial charge in [-0.1, -0.05) is 77.6 Å². The summed E-state index contributed by atoms with van der Waals surface area (Å²) in [5, 5.41) is 23.7. The fourth-order valence-corrected chi connectivity index (χ4v) is 7.57. The third-order valence-corrected chi connectivity index (χ3v) is 10.4. The van der Waals surface area contributed by atoms with Crippen molar-refractivity contribution < 1.29 is 30.6 Å². The normalized spacial score (nSPS) is 23.2. The second-order valence-corrected chi connectivity index (χ2v) is 14.8. The van der Waals surface area contributed by atoms with E-state index in [-0.39, 0.29) is 42.1 Å². The van der Waals surface area contributed by atoms with Crippen molar-refractivity contribution in [1.29, 1.82) is 0 Å². The van der Waals surface area contributed by atoms with E-state index >= 15 is 0 Å². The average Bonchev–Trinajstić information content (AvgIpc) is 2.79. The molecule has 0 saturated carbocycles. The maximum absolute atomic E-state index is 11.8. The Morgan fingerprint density at radius 1 is 0.579 bits per heavy atom. The largest absolute Gasteiger partial charge is 0.542 e. The summed E-state index contributed by atoms with van der Waals surface area (Å²) in [5.41, 5.74) is 8.88. The van der Waals surface area contributed by atoms with Crippen molar-refractivity contribution in [1.82, 2.24) is 0 Å². The molecule has 4 nitrogen and oxygen atoms in total. The SMILES string of the molecule is CC1(C)CCN2CCC(C)(C)c3c(O)c([CH-]c4cc5c6c(c4O)C(C)(C)CCN6CCC5(C)C)cc1c32.[Re]. The third kappa shape index (κ3) is 3.90. The predicted octanol–water partition coefficient (Wildman–Crippen LogP) is 7.03. The predicted molar refractivity (Wildman–Crippen MR) is 154 cm³/mol. The van der Waals surface area contributed by atoms with Crippen LogP contribution in [0.1, 0.15) is 114 Å². The molecule has 0 bridgehead atoms. The van der Waals surface area contributed by atoms with Gasteiger partial charge in [0.2, 0.25) is 0 Å². The molecule has 0 spiro atoms. The minimum atomic E-state index is -0.101. The number of hydrogen-bond acceptors (Lipinski definition) is 4. The second kappa shape index (κ2) is 8.58. The van der Waals surface area contributed by atoms with Gasteiger partial charge in [0.05, 0.1) is 11.5 Å². The first kappa shape index (κ1) is 27.7. The van der Waals surface area contributed by atoms with Crippen molar-refractivity contribution in [2.75, 3.05) is 36.0 Å². The van der Waals surface area contributed by atoms with Crippen LogP contribution in [0.25, 0.3) is 0 Å². The van der Waals surface area contributed by atoms with Crippen LogP contribution in [-0.2, 0) is 42.1 Å². The van der Waals surface area contributed by atoms with Gasteiger partial charge in [0, 0.05) is 58.0 Å². The first-order valence-corrected chi connectivity index (χ1v) is 14.3. The van der Waals surface area contributed by atoms with Crippen LogP contribution in [0.4, 0.5) is 11.4 Å². The summed E-state index contributed by atoms with van der Waals surface area (Å²) in [6.45, 7) is 22.6. The smallest absolute Gasteiger partial charge is 0.0619 e. The Labute approximate surface area is 243 Å². The van der Waals surface area contributed by atoms with Crippen molar-refractivity contribution >= 4 is 11.4 Å². The molecule has 0 fully saturated rings. The molecule has 2 N–H and O–H groups in total. The van der Waals surface area contributed by atoms with E-state index < -0.39 is 0 Å². The van der Waals surface area contributed by atoms with Crippen molar-refractivity contribution in [3.05, 3.63) is 51.9 Å². The van der Waals surface area contributed by atoms with E-state index in [1.807, 2.05) is 0 Å². The Kier molecular flexibility index (Phi) is 6.26. The number of phenolic OH excluding ortho intramolecular Hbond substituents is 2. The quantitative estimate of drug-likeness (QED) is 0.333. The summed E-state index contributed by atoms with van der Waals surface area (Å²) in [4.78, 5) is 4.98. The zero-order valence-electron chi connectivity index (χ0n) is 24.6. The fraction of sp³-hybridized carbons (Fsp3) is 0.606. The van der Waals surface area contributed by atoms with E-state index in [1.54, 1.807) is 0 Å². The Bertz CT molecular complexity index is 1200. The van der Waals surface area contributed by atoms with Gasteiger partial charge in [-0.3, -0.25) is 0 Å². The fourth-order valence-electron chi connectivity index (χ4n) is 7.57. The molecule has 1 radical (unpaired) electrons. The van der Waals surface area contributed by atoms with E-state index in [1.165, 1.54) is 22.5 Å². The number of anilines is 2. The molecule has 0 atom stereocenters. The summed E-state index contributed by atoms with van der Waals surface area (Å²) in [7, 11) is 0. The molecular weight excluding hydrogens is 643 g/mol. The monoisotopic (exact) mass is 688 g/mol. The molecule has 0 aromatic heterocycles. The molecule has 207 valence electrons. The van der Waals surface area contributed by atoms with Gasteiger partial charge in [0.15, 0.2) is 0 Å². The molecule has 4 aliphatic rings. The van der Waals surface area contributed by atoms with Crippen molar-refractivity contribution in [2.45, 2.75) is 103 Å². The molecule has 38 heavy (non-hydrogen) atoms. The van der Waals surface area contributed by atoms with Crippen LogP contribution in [0.15, 0.2) is 12.1 Å². The van der Waals surface area contributed by atoms with Crippen LogP contribution in [-0.4, -0.2) is 36.4 Å². The first-order chi connectivity index (χ1) is 17.1. The molecule has 0 saturated heterocycles. The molecule has 5 heteroatoms. The van der Waals surface area contributed by atoms with Crippen molar-refractivity contribution in [3.8, 4) is 11.5 Å². The maximum Gasteiger partial charge on any atom is 0.0619 e. The Hall–Kier alpha value is -1.83. The molecule has 4 aliphatic heterocycles. The molecule has 0 aliphatic carbocycles. The van der Waals surface area contributed by atoms with Crippen LogP contribution in [0.5, 0.6) is 11.5 Å². The molecule has 2 aromatic rings. The van der Waals surface area contributed by atoms with Crippen LogP contribution < -0.4 is 9.80 Å². The summed E-state index contributed by atoms with van der Waals surface area (Å²) in [6.07, 6.45) is 6.34. The number of nitrogens with zero attached hydrogens (tertiary/aromatic N) is 2. The topological polar surface area (TPSA) is 46.9 Å². The van der Waals surface area contributed by atoms with Crippen LogP contribution in [0.2, 0.25) is 0 Å². The third-order valence-electron chi connectivity index (χ3n) is 10.4. The first-order valence-electron chi connectivity index (χ1n) is 14.3. The van der Waals surface area contributed by atoms with E-state index in [9.17, 15) is 10.2 Å². The summed E-state index contributed by atoms with van der Waals surface area (Å²) in [6, 6.07) is 4.43. The van der Waals surface area contributed by atoms with E-state index in [0.29, 0.717) is 11.5 Å². The van der Waals surface area contributed by atoms with E-state index in [0.717, 1.165) is 74.1 Å². The second-order valence-electron chi connectivity index (χ2n) is 14.8. The standard InChI is InChI=1S/C33H45N2O2.Re/c1-30(2)9-13-34-15-11-32(5,6)24-26(34)22(30)18-20(28(24)36)17-21-19-23-27-25(29(21)37)33(7,8)12-16-35(27)14-10-31(23,3)4;/h17-19,36-37H,9-16H2,1-8H3;/q-1;. The molecule has 2 aromatic carbocycles. The molecule has 6 rings (SSSR count). The van der Waals surface area contributed by atoms with Gasteiger partial charge < -0.3 is 20.0 Å². The van der Waals surface area contributed by atoms with Crippen molar-refractivity contribution in [3.63, 3.8) is 0 Å². The summed E-state index contributed by atoms with van der Waals surface area (Å²) < 4.78 is 0. The van der Waals surface area contributed by atoms with E-state index in [2.05, 4.69) is 83.7 Å². The Morgan fingerprint density at radius 3 is 1.24 bits per heavy atom. The number of phenols is 2. The van der Waals surface area contributed by atoms with Gasteiger partial charge in [-0.25, -0.2) is 0 Å². The zero-order valence-corrected chi connectivity index (χ0v) is 27.3. The van der Waals surface area contributed by atoms with E-state index in [4.69, 9.17) is 0 Å². The van der Waals surface area contributed by atoms with Gasteiger partial charge in [-0.05, 0) is 58.5 Å². The number of rotatable bonds is 2. The average molecular weight is 688 g/mol. The molecule has 4 heterocycles. The van der Waals surface area contributed by atoms with Crippen LogP contribution in [0.3, 0.4) is 0 Å². The van der Waals surface area contributed by atoms with Crippen molar-refractivity contribution in [2.24, 2.45) is 0 Å². The Morgan fingerprint density at radius 2 is 0.895 bits per heavy atom. The molecule has 0 unspecified atom stereocenters. The minimum absolute atomic E-state index is 0. The minimum Gasteiger partial charge on any atom is -0.542 e. The summed E-state index contributed by atoms with van der Waals surface area (Å²) in [5.74, 6) is 0.772. The number of hydrogen-bond donors (Lipinski definition) is 2. The summed E-state index contributed by atoms with van der Waals surface area (Å²) >= 11 is 0. The van der Waals surface area contributed by atoms with Gasteiger partial charge >= 0.3 is 0 Å². The maximum atomic E-state index is 11.8. The molecule has 0 amide bonds.